The number of ether oxygens (including phenoxy) is 2. The van der Waals surface area contributed by atoms with Crippen molar-refractivity contribution >= 4 is 27.6 Å². The number of rotatable bonds is 4. The Hall–Kier alpha value is -2.02. The van der Waals surface area contributed by atoms with Gasteiger partial charge in [0.2, 0.25) is 0 Å². The van der Waals surface area contributed by atoms with Crippen LogP contribution in [0.1, 0.15) is 5.56 Å². The van der Waals surface area contributed by atoms with Gasteiger partial charge in [-0.05, 0) is 40.0 Å². The highest BCUT2D eigenvalue weighted by atomic mass is 79.9. The summed E-state index contributed by atoms with van der Waals surface area (Å²) in [6.07, 6.45) is 2.28. The van der Waals surface area contributed by atoms with E-state index < -0.39 is 0 Å². The van der Waals surface area contributed by atoms with E-state index in [1.165, 1.54) is 11.9 Å². The quantitative estimate of drug-likeness (QED) is 0.879. The summed E-state index contributed by atoms with van der Waals surface area (Å²) < 4.78 is 11.8. The fourth-order valence-electron chi connectivity index (χ4n) is 2.08. The number of benzene rings is 1. The predicted octanol–water partition coefficient (Wildman–Crippen LogP) is 2.25. The fraction of sp³-hybridized carbons (Fsp3) is 0.286. The Labute approximate surface area is 130 Å². The average Bonchev–Trinajstić information content (AvgIpc) is 2.51. The van der Waals surface area contributed by atoms with Gasteiger partial charge >= 0.3 is 0 Å². The molecule has 0 bridgehead atoms. The molecule has 1 aromatic carbocycles. The molecule has 0 saturated carbocycles. The molecule has 1 aromatic heterocycles. The number of nitrogens with one attached hydrogen (secondary N) is 1. The van der Waals surface area contributed by atoms with E-state index in [9.17, 15) is 0 Å². The van der Waals surface area contributed by atoms with E-state index in [4.69, 9.17) is 15.2 Å². The van der Waals surface area contributed by atoms with Crippen molar-refractivity contribution in [3.05, 3.63) is 34.6 Å². The molecule has 21 heavy (non-hydrogen) atoms. The normalized spacial score (nSPS) is 13.0. The van der Waals surface area contributed by atoms with Crippen LogP contribution in [0.5, 0.6) is 11.5 Å². The van der Waals surface area contributed by atoms with Crippen molar-refractivity contribution in [1.82, 2.24) is 9.97 Å². The minimum atomic E-state index is 0.423. The molecule has 6 nitrogen and oxygen atoms in total. The molecule has 0 amide bonds. The number of anilines is 2. The Kier molecular flexibility index (Phi) is 4.10. The van der Waals surface area contributed by atoms with E-state index in [1.807, 2.05) is 18.2 Å². The molecule has 0 aliphatic carbocycles. The second-order valence-electron chi connectivity index (χ2n) is 4.58. The van der Waals surface area contributed by atoms with Gasteiger partial charge in [0.05, 0.1) is 0 Å². The lowest BCUT2D eigenvalue weighted by Crippen LogP contribution is -2.15. The van der Waals surface area contributed by atoms with Gasteiger partial charge in [-0.2, -0.15) is 0 Å². The summed E-state index contributed by atoms with van der Waals surface area (Å²) in [4.78, 5) is 8.05. The lowest BCUT2D eigenvalue weighted by molar-refractivity contribution is 0.171. The Balaban J connectivity index is 1.61. The van der Waals surface area contributed by atoms with Crippen molar-refractivity contribution in [3.8, 4) is 11.5 Å². The monoisotopic (exact) mass is 350 g/mol. The van der Waals surface area contributed by atoms with Crippen molar-refractivity contribution in [2.24, 2.45) is 0 Å². The lowest BCUT2D eigenvalue weighted by Gasteiger charge is -2.19. The number of nitrogens with zero attached hydrogens (tertiary/aromatic N) is 2. The molecule has 2 heterocycles. The molecule has 0 fully saturated rings. The minimum absolute atomic E-state index is 0.423. The van der Waals surface area contributed by atoms with Gasteiger partial charge in [0.15, 0.2) is 11.5 Å². The molecule has 0 spiro atoms. The molecule has 0 saturated heterocycles. The zero-order chi connectivity index (χ0) is 14.7. The summed E-state index contributed by atoms with van der Waals surface area (Å²) in [5.41, 5.74) is 6.88. The zero-order valence-electron chi connectivity index (χ0n) is 11.3. The number of aromatic nitrogens is 2. The molecular formula is C14H15BrN4O2. The largest absolute Gasteiger partial charge is 0.486 e. The Morgan fingerprint density at radius 2 is 2.00 bits per heavy atom. The predicted molar refractivity (Wildman–Crippen MR) is 83.8 cm³/mol. The SMILES string of the molecule is Nc1ncnc(NCCc2ccc3c(c2)OCCO3)c1Br. The number of nitrogens with two attached hydrogens (primary N) is 1. The molecule has 3 N–H and O–H groups in total. The molecular weight excluding hydrogens is 336 g/mol. The summed E-state index contributed by atoms with van der Waals surface area (Å²) >= 11 is 3.37. The molecule has 7 heteroatoms. The van der Waals surface area contributed by atoms with Crippen LogP contribution in [0.2, 0.25) is 0 Å². The first kappa shape index (κ1) is 13.9. The Bertz CT molecular complexity index is 651. The maximum absolute atomic E-state index is 5.71. The Morgan fingerprint density at radius 3 is 2.86 bits per heavy atom. The van der Waals surface area contributed by atoms with Crippen molar-refractivity contribution in [1.29, 1.82) is 0 Å². The van der Waals surface area contributed by atoms with Crippen LogP contribution in [0, 0.1) is 0 Å². The number of hydrogen-bond donors (Lipinski definition) is 2. The van der Waals surface area contributed by atoms with Gasteiger partial charge < -0.3 is 20.5 Å². The van der Waals surface area contributed by atoms with E-state index in [2.05, 4.69) is 31.2 Å². The summed E-state index contributed by atoms with van der Waals surface area (Å²) in [5, 5.41) is 3.23. The van der Waals surface area contributed by atoms with Crippen LogP contribution in [0.4, 0.5) is 11.6 Å². The number of nitrogen functional groups attached to an aromatic ring is 1. The molecule has 1 aliphatic heterocycles. The van der Waals surface area contributed by atoms with E-state index in [0.29, 0.717) is 29.3 Å². The summed E-state index contributed by atoms with van der Waals surface area (Å²) in [6.45, 7) is 1.94. The minimum Gasteiger partial charge on any atom is -0.486 e. The van der Waals surface area contributed by atoms with Crippen LogP contribution in [0.3, 0.4) is 0 Å². The maximum Gasteiger partial charge on any atom is 0.161 e. The zero-order valence-corrected chi connectivity index (χ0v) is 12.9. The smallest absolute Gasteiger partial charge is 0.161 e. The van der Waals surface area contributed by atoms with Gasteiger partial charge in [0, 0.05) is 6.54 Å². The highest BCUT2D eigenvalue weighted by Crippen LogP contribution is 2.31. The van der Waals surface area contributed by atoms with Crippen LogP contribution in [-0.4, -0.2) is 29.7 Å². The topological polar surface area (TPSA) is 82.3 Å². The highest BCUT2D eigenvalue weighted by molar-refractivity contribution is 9.10. The summed E-state index contributed by atoms with van der Waals surface area (Å²) in [6, 6.07) is 6.00. The maximum atomic E-state index is 5.71. The van der Waals surface area contributed by atoms with Gasteiger partial charge in [0.1, 0.15) is 35.6 Å². The average molecular weight is 351 g/mol. The van der Waals surface area contributed by atoms with Crippen LogP contribution in [-0.2, 0) is 6.42 Å². The van der Waals surface area contributed by atoms with Crippen LogP contribution in [0.15, 0.2) is 29.0 Å². The van der Waals surface area contributed by atoms with E-state index in [0.717, 1.165) is 24.5 Å². The first-order valence-corrected chi connectivity index (χ1v) is 7.42. The fourth-order valence-corrected chi connectivity index (χ4v) is 2.42. The molecule has 2 aromatic rings. The van der Waals surface area contributed by atoms with Gasteiger partial charge in [-0.3, -0.25) is 0 Å². The van der Waals surface area contributed by atoms with Crippen LogP contribution in [0.25, 0.3) is 0 Å². The van der Waals surface area contributed by atoms with Crippen molar-refractivity contribution < 1.29 is 9.47 Å². The van der Waals surface area contributed by atoms with Gasteiger partial charge in [-0.15, -0.1) is 0 Å². The first-order valence-electron chi connectivity index (χ1n) is 6.62. The second kappa shape index (κ2) is 6.17. The number of fused-ring (bicyclic) bond motifs is 1. The molecule has 0 radical (unpaired) electrons. The van der Waals surface area contributed by atoms with E-state index in [1.54, 1.807) is 0 Å². The Morgan fingerprint density at radius 1 is 1.19 bits per heavy atom. The van der Waals surface area contributed by atoms with Crippen LogP contribution >= 0.6 is 15.9 Å². The first-order chi connectivity index (χ1) is 10.2. The highest BCUT2D eigenvalue weighted by Gasteiger charge is 2.11. The molecule has 1 aliphatic rings. The third-order valence-electron chi connectivity index (χ3n) is 3.13. The third kappa shape index (κ3) is 3.18. The number of halogens is 1. The van der Waals surface area contributed by atoms with Crippen LogP contribution < -0.4 is 20.5 Å². The number of hydrogen-bond acceptors (Lipinski definition) is 6. The van der Waals surface area contributed by atoms with Gasteiger partial charge in [0.25, 0.3) is 0 Å². The van der Waals surface area contributed by atoms with Crippen molar-refractivity contribution in [2.75, 3.05) is 30.8 Å². The van der Waals surface area contributed by atoms with E-state index >= 15 is 0 Å². The molecule has 3 rings (SSSR count). The standard InChI is InChI=1S/C14H15BrN4O2/c15-12-13(16)18-8-19-14(12)17-4-3-9-1-2-10-11(7-9)21-6-5-20-10/h1-2,7-8H,3-6H2,(H3,16,17,18,19). The summed E-state index contributed by atoms with van der Waals surface area (Å²) in [5.74, 6) is 2.74. The van der Waals surface area contributed by atoms with Crippen molar-refractivity contribution in [2.45, 2.75) is 6.42 Å². The molecule has 0 unspecified atom stereocenters. The van der Waals surface area contributed by atoms with Gasteiger partial charge in [-0.1, -0.05) is 6.07 Å². The third-order valence-corrected chi connectivity index (χ3v) is 3.91. The molecule has 110 valence electrons. The van der Waals surface area contributed by atoms with Crippen molar-refractivity contribution in [3.63, 3.8) is 0 Å². The second-order valence-corrected chi connectivity index (χ2v) is 5.37. The van der Waals surface area contributed by atoms with Gasteiger partial charge in [-0.25, -0.2) is 9.97 Å². The van der Waals surface area contributed by atoms with E-state index in [-0.39, 0.29) is 0 Å². The summed E-state index contributed by atoms with van der Waals surface area (Å²) in [7, 11) is 0. The molecule has 0 atom stereocenters. The lowest BCUT2D eigenvalue weighted by atomic mass is 10.1.